The van der Waals surface area contributed by atoms with Crippen LogP contribution in [0.1, 0.15) is 11.1 Å². The quantitative estimate of drug-likeness (QED) is 0.820. The smallest absolute Gasteiger partial charge is 0.128 e. The van der Waals surface area contributed by atoms with Gasteiger partial charge in [0.25, 0.3) is 0 Å². The van der Waals surface area contributed by atoms with Crippen LogP contribution in [0.15, 0.2) is 40.9 Å². The van der Waals surface area contributed by atoms with Gasteiger partial charge >= 0.3 is 0 Å². The number of rotatable bonds is 3. The summed E-state index contributed by atoms with van der Waals surface area (Å²) < 4.78 is 14.2. The number of nitrogens with one attached hydrogen (secondary N) is 1. The predicted molar refractivity (Wildman–Crippen MR) is 77.6 cm³/mol. The van der Waals surface area contributed by atoms with Crippen molar-refractivity contribution < 1.29 is 4.39 Å². The minimum absolute atomic E-state index is 0.200. The summed E-state index contributed by atoms with van der Waals surface area (Å²) in [5.74, 6) is -0.200. The molecule has 2 rings (SSSR count). The minimum atomic E-state index is -0.200. The number of anilines is 1. The van der Waals surface area contributed by atoms with Crippen LogP contribution in [-0.2, 0) is 6.54 Å². The lowest BCUT2D eigenvalue weighted by atomic mass is 10.2. The maximum Gasteiger partial charge on any atom is 0.128 e. The number of aryl methyl sites for hydroxylation is 1. The average Bonchev–Trinajstić information content (AvgIpc) is 2.35. The van der Waals surface area contributed by atoms with Crippen LogP contribution in [0.25, 0.3) is 0 Å². The zero-order valence-electron chi connectivity index (χ0n) is 9.81. The van der Waals surface area contributed by atoms with Gasteiger partial charge in [-0.05, 0) is 58.2 Å². The molecule has 0 bridgehead atoms. The molecule has 18 heavy (non-hydrogen) atoms. The van der Waals surface area contributed by atoms with Crippen LogP contribution in [0.3, 0.4) is 0 Å². The van der Waals surface area contributed by atoms with Crippen LogP contribution in [-0.4, -0.2) is 0 Å². The highest BCUT2D eigenvalue weighted by atomic mass is 79.9. The minimum Gasteiger partial charge on any atom is -0.381 e. The predicted octanol–water partition coefficient (Wildman–Crippen LogP) is 5.16. The van der Waals surface area contributed by atoms with Crippen molar-refractivity contribution in [2.75, 3.05) is 5.32 Å². The SMILES string of the molecule is Cc1ccc(NCc2ccc(Br)c(Cl)c2)cc1F. The number of benzene rings is 2. The van der Waals surface area contributed by atoms with Crippen LogP contribution in [0.2, 0.25) is 5.02 Å². The summed E-state index contributed by atoms with van der Waals surface area (Å²) in [5, 5.41) is 3.83. The van der Waals surface area contributed by atoms with E-state index in [9.17, 15) is 4.39 Å². The first kappa shape index (κ1) is 13.4. The fourth-order valence-corrected chi connectivity index (χ4v) is 2.01. The topological polar surface area (TPSA) is 12.0 Å². The van der Waals surface area contributed by atoms with Crippen molar-refractivity contribution >= 4 is 33.2 Å². The zero-order chi connectivity index (χ0) is 13.1. The molecule has 4 heteroatoms. The first-order chi connectivity index (χ1) is 8.56. The van der Waals surface area contributed by atoms with Gasteiger partial charge < -0.3 is 5.32 Å². The number of hydrogen-bond acceptors (Lipinski definition) is 1. The van der Waals surface area contributed by atoms with Gasteiger partial charge in [0, 0.05) is 16.7 Å². The molecule has 0 amide bonds. The van der Waals surface area contributed by atoms with E-state index in [4.69, 9.17) is 11.6 Å². The van der Waals surface area contributed by atoms with Crippen LogP contribution in [0.4, 0.5) is 10.1 Å². The number of halogens is 3. The summed E-state index contributed by atoms with van der Waals surface area (Å²) in [6.07, 6.45) is 0. The van der Waals surface area contributed by atoms with Crippen molar-refractivity contribution in [3.63, 3.8) is 0 Å². The summed E-state index contributed by atoms with van der Waals surface area (Å²) in [4.78, 5) is 0. The maximum atomic E-state index is 13.4. The molecule has 0 aliphatic carbocycles. The second-order valence-electron chi connectivity index (χ2n) is 4.07. The van der Waals surface area contributed by atoms with Crippen molar-refractivity contribution in [1.29, 1.82) is 0 Å². The summed E-state index contributed by atoms with van der Waals surface area (Å²) in [7, 11) is 0. The largest absolute Gasteiger partial charge is 0.381 e. The standard InChI is InChI=1S/C14H12BrClFN/c1-9-2-4-11(7-14(9)17)18-8-10-3-5-12(15)13(16)6-10/h2-7,18H,8H2,1H3. The van der Waals surface area contributed by atoms with Crippen molar-refractivity contribution in [2.45, 2.75) is 13.5 Å². The molecule has 0 saturated heterocycles. The Bertz CT molecular complexity index is 520. The molecule has 0 saturated carbocycles. The first-order valence-electron chi connectivity index (χ1n) is 5.50. The summed E-state index contributed by atoms with van der Waals surface area (Å²) in [6.45, 7) is 2.35. The fraction of sp³-hybridized carbons (Fsp3) is 0.143. The Hall–Kier alpha value is -1.06. The van der Waals surface area contributed by atoms with Gasteiger partial charge in [-0.3, -0.25) is 0 Å². The first-order valence-corrected chi connectivity index (χ1v) is 6.67. The Morgan fingerprint density at radius 3 is 2.67 bits per heavy atom. The molecular formula is C14H12BrClFN. The van der Waals surface area contributed by atoms with E-state index in [1.54, 1.807) is 13.0 Å². The molecule has 0 atom stereocenters. The van der Waals surface area contributed by atoms with Gasteiger partial charge in [-0.1, -0.05) is 23.7 Å². The molecule has 0 aliphatic rings. The molecule has 0 unspecified atom stereocenters. The highest BCUT2D eigenvalue weighted by Gasteiger charge is 2.01. The Morgan fingerprint density at radius 2 is 2.00 bits per heavy atom. The molecular weight excluding hydrogens is 317 g/mol. The van der Waals surface area contributed by atoms with Gasteiger partial charge in [-0.2, -0.15) is 0 Å². The van der Waals surface area contributed by atoms with Crippen LogP contribution in [0, 0.1) is 12.7 Å². The second-order valence-corrected chi connectivity index (χ2v) is 5.33. The van der Waals surface area contributed by atoms with Crippen molar-refractivity contribution in [3.8, 4) is 0 Å². The van der Waals surface area contributed by atoms with Crippen LogP contribution >= 0.6 is 27.5 Å². The average molecular weight is 329 g/mol. The molecule has 0 spiro atoms. The number of hydrogen-bond donors (Lipinski definition) is 1. The summed E-state index contributed by atoms with van der Waals surface area (Å²) in [6, 6.07) is 10.9. The van der Waals surface area contributed by atoms with Gasteiger partial charge in [0.2, 0.25) is 0 Å². The third kappa shape index (κ3) is 3.24. The van der Waals surface area contributed by atoms with E-state index < -0.39 is 0 Å². The monoisotopic (exact) mass is 327 g/mol. The molecule has 0 radical (unpaired) electrons. The fourth-order valence-electron chi connectivity index (χ4n) is 1.56. The molecule has 2 aromatic rings. The van der Waals surface area contributed by atoms with Crippen LogP contribution < -0.4 is 5.32 Å². The molecule has 0 fully saturated rings. The molecule has 1 nitrogen and oxygen atoms in total. The van der Waals surface area contributed by atoms with E-state index in [2.05, 4.69) is 21.2 Å². The Balaban J connectivity index is 2.06. The van der Waals surface area contributed by atoms with Crippen molar-refractivity contribution in [2.24, 2.45) is 0 Å². The van der Waals surface area contributed by atoms with Gasteiger partial charge in [0.1, 0.15) is 5.82 Å². The lowest BCUT2D eigenvalue weighted by molar-refractivity contribution is 0.619. The van der Waals surface area contributed by atoms with Gasteiger partial charge in [-0.15, -0.1) is 0 Å². The molecule has 0 aromatic heterocycles. The zero-order valence-corrected chi connectivity index (χ0v) is 12.1. The lowest BCUT2D eigenvalue weighted by Crippen LogP contribution is -2.00. The highest BCUT2D eigenvalue weighted by Crippen LogP contribution is 2.23. The molecule has 1 N–H and O–H groups in total. The molecule has 94 valence electrons. The van der Waals surface area contributed by atoms with Crippen molar-refractivity contribution in [3.05, 3.63) is 62.8 Å². The lowest BCUT2D eigenvalue weighted by Gasteiger charge is -2.08. The van der Waals surface area contributed by atoms with E-state index in [1.807, 2.05) is 24.3 Å². The van der Waals surface area contributed by atoms with Gasteiger partial charge in [-0.25, -0.2) is 4.39 Å². The third-order valence-electron chi connectivity index (χ3n) is 2.65. The molecule has 0 aliphatic heterocycles. The van der Waals surface area contributed by atoms with Crippen LogP contribution in [0.5, 0.6) is 0 Å². The molecule has 0 heterocycles. The van der Waals surface area contributed by atoms with E-state index >= 15 is 0 Å². The Morgan fingerprint density at radius 1 is 1.22 bits per heavy atom. The second kappa shape index (κ2) is 5.72. The normalized spacial score (nSPS) is 10.4. The van der Waals surface area contributed by atoms with E-state index in [0.717, 1.165) is 15.7 Å². The highest BCUT2D eigenvalue weighted by molar-refractivity contribution is 9.10. The van der Waals surface area contributed by atoms with E-state index in [0.29, 0.717) is 17.1 Å². The summed E-state index contributed by atoms with van der Waals surface area (Å²) in [5.41, 5.74) is 2.45. The van der Waals surface area contributed by atoms with E-state index in [1.165, 1.54) is 6.07 Å². The van der Waals surface area contributed by atoms with Gasteiger partial charge in [0.15, 0.2) is 0 Å². The van der Waals surface area contributed by atoms with Crippen molar-refractivity contribution in [1.82, 2.24) is 0 Å². The Labute approximate surface area is 119 Å². The maximum absolute atomic E-state index is 13.4. The van der Waals surface area contributed by atoms with E-state index in [-0.39, 0.29) is 5.82 Å². The Kier molecular flexibility index (Phi) is 4.25. The molecule has 2 aromatic carbocycles. The summed E-state index contributed by atoms with van der Waals surface area (Å²) >= 11 is 9.35. The van der Waals surface area contributed by atoms with Gasteiger partial charge in [0.05, 0.1) is 5.02 Å². The third-order valence-corrected chi connectivity index (χ3v) is 3.88.